The minimum atomic E-state index is -3.39. The van der Waals surface area contributed by atoms with Crippen molar-refractivity contribution < 1.29 is 22.5 Å². The van der Waals surface area contributed by atoms with Crippen molar-refractivity contribution in [2.24, 2.45) is 5.92 Å². The van der Waals surface area contributed by atoms with Crippen LogP contribution in [0.4, 0.5) is 0 Å². The molecule has 0 aromatic carbocycles. The summed E-state index contributed by atoms with van der Waals surface area (Å²) in [6.07, 6.45) is 8.11. The Morgan fingerprint density at radius 2 is 2.04 bits per heavy atom. The van der Waals surface area contributed by atoms with Gasteiger partial charge < -0.3 is 14.2 Å². The zero-order valence-corrected chi connectivity index (χ0v) is 17.5. The standard InChI is InChI=1S/C18H30N4O5S/c1-26-13-17-19-16(20-27-17)9-10-22(28(2,24)25)15-11-21(12-15)18(23)8-7-14-5-3-4-6-14/h14-15H,3-13H2,1-2H3. The molecule has 2 heterocycles. The highest BCUT2D eigenvalue weighted by molar-refractivity contribution is 7.88. The third-order valence-corrected chi connectivity index (χ3v) is 6.96. The number of nitrogens with zero attached hydrogens (tertiary/aromatic N) is 4. The van der Waals surface area contributed by atoms with Crippen LogP contribution in [0.1, 0.15) is 50.2 Å². The Labute approximate surface area is 166 Å². The van der Waals surface area contributed by atoms with E-state index in [2.05, 4.69) is 10.1 Å². The van der Waals surface area contributed by atoms with Crippen LogP contribution in [0.15, 0.2) is 4.52 Å². The predicted octanol–water partition coefficient (Wildman–Crippen LogP) is 1.20. The van der Waals surface area contributed by atoms with Crippen molar-refractivity contribution >= 4 is 15.9 Å². The van der Waals surface area contributed by atoms with E-state index in [1.54, 1.807) is 4.90 Å². The van der Waals surface area contributed by atoms with E-state index in [0.29, 0.717) is 43.6 Å². The minimum Gasteiger partial charge on any atom is -0.375 e. The molecule has 2 fully saturated rings. The number of carbonyl (C=O) groups excluding carboxylic acids is 1. The lowest BCUT2D eigenvalue weighted by atomic mass is 10.00. The molecule has 1 aromatic heterocycles. The van der Waals surface area contributed by atoms with E-state index in [1.165, 1.54) is 43.4 Å². The van der Waals surface area contributed by atoms with Gasteiger partial charge in [0, 0.05) is 39.6 Å². The lowest BCUT2D eigenvalue weighted by Crippen LogP contribution is -2.62. The molecule has 10 heteroatoms. The first-order valence-electron chi connectivity index (χ1n) is 9.92. The van der Waals surface area contributed by atoms with Gasteiger partial charge in [-0.3, -0.25) is 4.79 Å². The second-order valence-corrected chi connectivity index (χ2v) is 9.74. The number of hydrogen-bond donors (Lipinski definition) is 0. The van der Waals surface area contributed by atoms with Gasteiger partial charge in [0.15, 0.2) is 5.82 Å². The van der Waals surface area contributed by atoms with Gasteiger partial charge in [0.2, 0.25) is 15.9 Å². The quantitative estimate of drug-likeness (QED) is 0.566. The van der Waals surface area contributed by atoms with Gasteiger partial charge in [-0.15, -0.1) is 0 Å². The molecule has 0 radical (unpaired) electrons. The summed E-state index contributed by atoms with van der Waals surface area (Å²) < 4.78 is 35.8. The highest BCUT2D eigenvalue weighted by Crippen LogP contribution is 2.29. The Bertz CT molecular complexity index is 754. The number of likely N-dealkylation sites (tertiary alicyclic amines) is 1. The van der Waals surface area contributed by atoms with Crippen molar-refractivity contribution in [2.75, 3.05) is 33.0 Å². The lowest BCUT2D eigenvalue weighted by molar-refractivity contribution is -0.137. The second-order valence-electron chi connectivity index (χ2n) is 7.80. The maximum Gasteiger partial charge on any atom is 0.252 e. The number of amides is 1. The molecule has 1 saturated carbocycles. The number of aromatic nitrogens is 2. The van der Waals surface area contributed by atoms with Gasteiger partial charge in [0.25, 0.3) is 5.89 Å². The van der Waals surface area contributed by atoms with Crippen LogP contribution in [-0.4, -0.2) is 72.7 Å². The van der Waals surface area contributed by atoms with Crippen LogP contribution < -0.4 is 0 Å². The fourth-order valence-corrected chi connectivity index (χ4v) is 5.13. The molecule has 28 heavy (non-hydrogen) atoms. The molecule has 2 aliphatic rings. The third kappa shape index (κ3) is 5.51. The summed E-state index contributed by atoms with van der Waals surface area (Å²) in [5.41, 5.74) is 0. The Kier molecular flexibility index (Phi) is 7.05. The maximum atomic E-state index is 12.4. The zero-order chi connectivity index (χ0) is 20.1. The molecule has 1 saturated heterocycles. The first-order valence-corrected chi connectivity index (χ1v) is 11.8. The van der Waals surface area contributed by atoms with E-state index >= 15 is 0 Å². The minimum absolute atomic E-state index is 0.138. The molecule has 1 amide bonds. The van der Waals surface area contributed by atoms with E-state index < -0.39 is 10.0 Å². The fourth-order valence-electron chi connectivity index (χ4n) is 4.03. The number of carbonyl (C=O) groups is 1. The van der Waals surface area contributed by atoms with Crippen LogP contribution in [0.2, 0.25) is 0 Å². The predicted molar refractivity (Wildman–Crippen MR) is 102 cm³/mol. The molecular formula is C18H30N4O5S. The maximum absolute atomic E-state index is 12.4. The summed E-state index contributed by atoms with van der Waals surface area (Å²) in [4.78, 5) is 18.3. The SMILES string of the molecule is COCc1nc(CCN(C2CN(C(=O)CCC3CCCC3)C2)S(C)(=O)=O)no1. The molecule has 3 rings (SSSR count). The Hall–Kier alpha value is -1.52. The van der Waals surface area contributed by atoms with Crippen LogP contribution in [-0.2, 0) is 32.6 Å². The summed E-state index contributed by atoms with van der Waals surface area (Å²) >= 11 is 0. The Balaban J connectivity index is 1.47. The van der Waals surface area contributed by atoms with Crippen molar-refractivity contribution in [2.45, 2.75) is 57.6 Å². The van der Waals surface area contributed by atoms with Gasteiger partial charge in [-0.05, 0) is 12.3 Å². The molecule has 9 nitrogen and oxygen atoms in total. The van der Waals surface area contributed by atoms with Crippen LogP contribution in [0.25, 0.3) is 0 Å². The van der Waals surface area contributed by atoms with E-state index in [-0.39, 0.29) is 25.1 Å². The van der Waals surface area contributed by atoms with E-state index in [9.17, 15) is 13.2 Å². The largest absolute Gasteiger partial charge is 0.375 e. The second kappa shape index (κ2) is 9.32. The first-order chi connectivity index (χ1) is 13.4. The number of hydrogen-bond acceptors (Lipinski definition) is 7. The summed E-state index contributed by atoms with van der Waals surface area (Å²) in [6.45, 7) is 1.40. The highest BCUT2D eigenvalue weighted by Gasteiger charge is 2.38. The summed E-state index contributed by atoms with van der Waals surface area (Å²) in [5, 5.41) is 3.85. The molecule has 158 valence electrons. The molecule has 0 bridgehead atoms. The Morgan fingerprint density at radius 3 is 2.68 bits per heavy atom. The van der Waals surface area contributed by atoms with Crippen LogP contribution in [0.3, 0.4) is 0 Å². The van der Waals surface area contributed by atoms with Gasteiger partial charge in [0.1, 0.15) is 6.61 Å². The lowest BCUT2D eigenvalue weighted by Gasteiger charge is -2.44. The molecule has 1 aliphatic heterocycles. The number of methoxy groups -OCH3 is 1. The topological polar surface area (TPSA) is 106 Å². The molecule has 0 N–H and O–H groups in total. The average Bonchev–Trinajstić information content (AvgIpc) is 3.25. The molecule has 0 atom stereocenters. The summed E-state index contributed by atoms with van der Waals surface area (Å²) in [7, 11) is -1.85. The van der Waals surface area contributed by atoms with Gasteiger partial charge >= 0.3 is 0 Å². The number of rotatable bonds is 10. The monoisotopic (exact) mass is 414 g/mol. The van der Waals surface area contributed by atoms with Crippen LogP contribution in [0.5, 0.6) is 0 Å². The van der Waals surface area contributed by atoms with Gasteiger partial charge in [-0.1, -0.05) is 30.8 Å². The van der Waals surface area contributed by atoms with Crippen molar-refractivity contribution in [3.8, 4) is 0 Å². The van der Waals surface area contributed by atoms with Gasteiger partial charge in [-0.2, -0.15) is 9.29 Å². The molecular weight excluding hydrogens is 384 g/mol. The molecule has 1 aliphatic carbocycles. The molecule has 0 spiro atoms. The summed E-state index contributed by atoms with van der Waals surface area (Å²) in [5.74, 6) is 1.64. The van der Waals surface area contributed by atoms with Crippen molar-refractivity contribution in [1.29, 1.82) is 0 Å². The zero-order valence-electron chi connectivity index (χ0n) is 16.7. The number of ether oxygens (including phenoxy) is 1. The molecule has 1 aromatic rings. The highest BCUT2D eigenvalue weighted by atomic mass is 32.2. The van der Waals surface area contributed by atoms with Gasteiger partial charge in [0.05, 0.1) is 12.3 Å². The normalized spacial score (nSPS) is 18.8. The smallest absolute Gasteiger partial charge is 0.252 e. The first kappa shape index (κ1) is 21.2. The summed E-state index contributed by atoms with van der Waals surface area (Å²) in [6, 6.07) is -0.184. The fraction of sp³-hybridized carbons (Fsp3) is 0.833. The van der Waals surface area contributed by atoms with Crippen molar-refractivity contribution in [3.63, 3.8) is 0 Å². The van der Waals surface area contributed by atoms with Crippen LogP contribution in [0, 0.1) is 5.92 Å². The van der Waals surface area contributed by atoms with Gasteiger partial charge in [-0.25, -0.2) is 8.42 Å². The average molecular weight is 415 g/mol. The van der Waals surface area contributed by atoms with Crippen molar-refractivity contribution in [1.82, 2.24) is 19.3 Å². The Morgan fingerprint density at radius 1 is 1.32 bits per heavy atom. The number of sulfonamides is 1. The van der Waals surface area contributed by atoms with E-state index in [4.69, 9.17) is 9.26 Å². The van der Waals surface area contributed by atoms with Crippen LogP contribution >= 0.6 is 0 Å². The third-order valence-electron chi connectivity index (χ3n) is 5.62. The molecule has 0 unspecified atom stereocenters. The van der Waals surface area contributed by atoms with E-state index in [1.807, 2.05) is 0 Å². The van der Waals surface area contributed by atoms with E-state index in [0.717, 1.165) is 6.42 Å². The van der Waals surface area contributed by atoms with Crippen molar-refractivity contribution in [3.05, 3.63) is 11.7 Å².